The molecule has 2 aromatic heterocycles. The number of nitrogens with zero attached hydrogens (tertiary/aromatic N) is 2. The van der Waals surface area contributed by atoms with E-state index in [0.717, 1.165) is 40.9 Å². The maximum atomic E-state index is 12.6. The molecule has 2 fully saturated rings. The summed E-state index contributed by atoms with van der Waals surface area (Å²) in [6, 6.07) is 7.89. The first kappa shape index (κ1) is 19.5. The topological polar surface area (TPSA) is 90.4 Å². The van der Waals surface area contributed by atoms with Gasteiger partial charge in [-0.2, -0.15) is 0 Å². The summed E-state index contributed by atoms with van der Waals surface area (Å²) in [6.45, 7) is 3.97. The largest absolute Gasteiger partial charge is 0.370 e. The van der Waals surface area contributed by atoms with Crippen LogP contribution in [0.3, 0.4) is 0 Å². The SMILES string of the molecule is CC(NS(=O)O)c1ccc(N2CCC3(CC3)C2)c(-c2cn(C)c(=O)c3[nH]ccc23)c1. The van der Waals surface area contributed by atoms with Crippen LogP contribution in [-0.4, -0.2) is 31.4 Å². The molecule has 7 nitrogen and oxygen atoms in total. The number of H-pyrrole nitrogens is 1. The minimum atomic E-state index is -2.09. The van der Waals surface area contributed by atoms with Crippen molar-refractivity contribution >= 4 is 27.9 Å². The van der Waals surface area contributed by atoms with Crippen molar-refractivity contribution in [1.29, 1.82) is 0 Å². The molecule has 5 rings (SSSR count). The number of aromatic amines is 1. The van der Waals surface area contributed by atoms with Gasteiger partial charge in [0.2, 0.25) is 11.3 Å². The van der Waals surface area contributed by atoms with Crippen LogP contribution in [0.15, 0.2) is 41.5 Å². The van der Waals surface area contributed by atoms with E-state index in [9.17, 15) is 13.6 Å². The number of aryl methyl sites for hydroxylation is 1. The quantitative estimate of drug-likeness (QED) is 0.546. The standard InChI is InChI=1S/C22H26N4O3S/c1-14(24-30(28)29)15-3-4-19(26-10-8-22(13-26)6-7-22)17(11-15)18-12-25(2)21(27)20-16(18)5-9-23-20/h3-5,9,11-12,14,23-24H,6-8,10,13H2,1-2H3,(H,28,29). The molecule has 1 aromatic carbocycles. The predicted octanol–water partition coefficient (Wildman–Crippen LogP) is 3.31. The third-order valence-electron chi connectivity index (χ3n) is 6.72. The zero-order valence-electron chi connectivity index (χ0n) is 17.1. The highest BCUT2D eigenvalue weighted by molar-refractivity contribution is 7.77. The molecule has 3 aromatic rings. The first-order valence-electron chi connectivity index (χ1n) is 10.3. The summed E-state index contributed by atoms with van der Waals surface area (Å²) in [4.78, 5) is 18.1. The summed E-state index contributed by atoms with van der Waals surface area (Å²) < 4.78 is 24.8. The van der Waals surface area contributed by atoms with Gasteiger partial charge in [0.15, 0.2) is 0 Å². The van der Waals surface area contributed by atoms with E-state index in [2.05, 4.69) is 26.7 Å². The van der Waals surface area contributed by atoms with E-state index < -0.39 is 11.3 Å². The van der Waals surface area contributed by atoms with E-state index in [1.54, 1.807) is 17.8 Å². The van der Waals surface area contributed by atoms with E-state index in [0.29, 0.717) is 10.9 Å². The monoisotopic (exact) mass is 426 g/mol. The van der Waals surface area contributed by atoms with Gasteiger partial charge in [-0.3, -0.25) is 9.35 Å². The fraction of sp³-hybridized carbons (Fsp3) is 0.409. The average molecular weight is 427 g/mol. The van der Waals surface area contributed by atoms with Crippen LogP contribution in [0, 0.1) is 5.41 Å². The molecule has 30 heavy (non-hydrogen) atoms. The molecule has 2 aliphatic rings. The number of anilines is 1. The second-order valence-electron chi connectivity index (χ2n) is 8.76. The minimum Gasteiger partial charge on any atom is -0.370 e. The van der Waals surface area contributed by atoms with Crippen LogP contribution >= 0.6 is 0 Å². The van der Waals surface area contributed by atoms with Crippen molar-refractivity contribution in [2.24, 2.45) is 12.5 Å². The molecule has 1 aliphatic heterocycles. The van der Waals surface area contributed by atoms with Crippen LogP contribution in [-0.2, 0) is 18.3 Å². The maximum absolute atomic E-state index is 12.6. The number of pyridine rings is 1. The van der Waals surface area contributed by atoms with Gasteiger partial charge in [0, 0.05) is 60.8 Å². The Labute approximate surface area is 177 Å². The van der Waals surface area contributed by atoms with Gasteiger partial charge in [-0.05, 0) is 55.4 Å². The molecule has 0 bridgehead atoms. The number of rotatable bonds is 5. The summed E-state index contributed by atoms with van der Waals surface area (Å²) in [5.74, 6) is 0. The lowest BCUT2D eigenvalue weighted by Crippen LogP contribution is -2.23. The van der Waals surface area contributed by atoms with Crippen molar-refractivity contribution in [1.82, 2.24) is 14.3 Å². The van der Waals surface area contributed by atoms with Crippen molar-refractivity contribution < 1.29 is 8.76 Å². The zero-order valence-corrected chi connectivity index (χ0v) is 18.0. The van der Waals surface area contributed by atoms with Crippen molar-refractivity contribution in [3.8, 4) is 11.1 Å². The van der Waals surface area contributed by atoms with Crippen LogP contribution in [0.4, 0.5) is 5.69 Å². The number of fused-ring (bicyclic) bond motifs is 1. The van der Waals surface area contributed by atoms with Crippen LogP contribution in [0.1, 0.15) is 37.8 Å². The number of aromatic nitrogens is 2. The third-order valence-corrected chi connectivity index (χ3v) is 7.27. The van der Waals surface area contributed by atoms with Gasteiger partial charge >= 0.3 is 0 Å². The van der Waals surface area contributed by atoms with Crippen LogP contribution in [0.25, 0.3) is 22.0 Å². The van der Waals surface area contributed by atoms with Gasteiger partial charge in [-0.1, -0.05) is 6.07 Å². The van der Waals surface area contributed by atoms with E-state index in [-0.39, 0.29) is 11.6 Å². The van der Waals surface area contributed by atoms with Crippen molar-refractivity contribution in [2.75, 3.05) is 18.0 Å². The molecule has 1 spiro atoms. The summed E-state index contributed by atoms with van der Waals surface area (Å²) in [7, 11) is 1.77. The normalized spacial score (nSPS) is 19.5. The first-order valence-corrected chi connectivity index (χ1v) is 11.4. The van der Waals surface area contributed by atoms with Gasteiger partial charge in [0.1, 0.15) is 5.52 Å². The molecule has 3 N–H and O–H groups in total. The lowest BCUT2D eigenvalue weighted by molar-refractivity contribution is 0.536. The molecular formula is C22H26N4O3S. The smallest absolute Gasteiger partial charge is 0.274 e. The Balaban J connectivity index is 1.68. The molecule has 3 heterocycles. The Morgan fingerprint density at radius 1 is 1.23 bits per heavy atom. The summed E-state index contributed by atoms with van der Waals surface area (Å²) in [5, 5.41) is 0.892. The Morgan fingerprint density at radius 2 is 2.03 bits per heavy atom. The Kier molecular flexibility index (Phi) is 4.61. The van der Waals surface area contributed by atoms with Gasteiger partial charge in [0.25, 0.3) is 5.56 Å². The summed E-state index contributed by atoms with van der Waals surface area (Å²) >= 11 is -2.09. The van der Waals surface area contributed by atoms with Crippen LogP contribution < -0.4 is 15.2 Å². The Bertz CT molecular complexity index is 1210. The lowest BCUT2D eigenvalue weighted by atomic mass is 9.96. The van der Waals surface area contributed by atoms with Crippen LogP contribution in [0.5, 0.6) is 0 Å². The number of hydrogen-bond acceptors (Lipinski definition) is 3. The molecule has 0 amide bonds. The molecular weight excluding hydrogens is 400 g/mol. The summed E-state index contributed by atoms with van der Waals surface area (Å²) in [6.07, 6.45) is 7.53. The second-order valence-corrected chi connectivity index (χ2v) is 9.50. The Hall–Kier alpha value is -2.42. The highest BCUT2D eigenvalue weighted by Gasteiger charge is 2.48. The molecule has 1 aliphatic carbocycles. The van der Waals surface area contributed by atoms with E-state index in [1.165, 1.54) is 19.3 Å². The third kappa shape index (κ3) is 3.29. The van der Waals surface area contributed by atoms with Gasteiger partial charge in [-0.15, -0.1) is 0 Å². The van der Waals surface area contributed by atoms with Crippen LogP contribution in [0.2, 0.25) is 0 Å². The highest BCUT2D eigenvalue weighted by Crippen LogP contribution is 2.54. The Morgan fingerprint density at radius 3 is 2.73 bits per heavy atom. The lowest BCUT2D eigenvalue weighted by Gasteiger charge is -2.24. The van der Waals surface area contributed by atoms with E-state index in [1.807, 2.05) is 25.3 Å². The number of benzene rings is 1. The molecule has 158 valence electrons. The fourth-order valence-corrected chi connectivity index (χ4v) is 5.18. The van der Waals surface area contributed by atoms with E-state index in [4.69, 9.17) is 0 Å². The molecule has 1 saturated heterocycles. The second kappa shape index (κ2) is 7.08. The minimum absolute atomic E-state index is 0.0553. The van der Waals surface area contributed by atoms with Crippen molar-refractivity contribution in [2.45, 2.75) is 32.2 Å². The van der Waals surface area contributed by atoms with Gasteiger partial charge in [0.05, 0.1) is 0 Å². The predicted molar refractivity (Wildman–Crippen MR) is 120 cm³/mol. The maximum Gasteiger partial charge on any atom is 0.274 e. The van der Waals surface area contributed by atoms with Crippen molar-refractivity contribution in [3.05, 3.63) is 52.6 Å². The number of nitrogens with one attached hydrogen (secondary N) is 2. The average Bonchev–Trinajstić information content (AvgIpc) is 3.11. The molecule has 1 saturated carbocycles. The summed E-state index contributed by atoms with van der Waals surface area (Å²) in [5.41, 5.74) is 5.14. The molecule has 2 atom stereocenters. The van der Waals surface area contributed by atoms with Gasteiger partial charge in [-0.25, -0.2) is 8.93 Å². The van der Waals surface area contributed by atoms with Gasteiger partial charge < -0.3 is 14.5 Å². The highest BCUT2D eigenvalue weighted by atomic mass is 32.2. The first-order chi connectivity index (χ1) is 14.4. The van der Waals surface area contributed by atoms with E-state index >= 15 is 0 Å². The molecule has 8 heteroatoms. The fourth-order valence-electron chi connectivity index (χ4n) is 4.74. The number of hydrogen-bond donors (Lipinski definition) is 3. The molecule has 0 radical (unpaired) electrons. The molecule has 2 unspecified atom stereocenters. The zero-order chi connectivity index (χ0) is 21.0. The van der Waals surface area contributed by atoms with Crippen molar-refractivity contribution in [3.63, 3.8) is 0 Å².